The topological polar surface area (TPSA) is 26.3 Å². The lowest BCUT2D eigenvalue weighted by Gasteiger charge is -2.42. The minimum Gasteiger partial charge on any atom is -0.466 e. The van der Waals surface area contributed by atoms with Gasteiger partial charge in [0.15, 0.2) is 0 Å². The third-order valence-corrected chi connectivity index (χ3v) is 8.22. The lowest BCUT2D eigenvalue weighted by Crippen LogP contribution is -2.33. The van der Waals surface area contributed by atoms with Gasteiger partial charge in [-0.15, -0.1) is 18.2 Å². The molecular formula is C32H42O2S. The summed E-state index contributed by atoms with van der Waals surface area (Å²) in [7, 11) is 0. The Hall–Kier alpha value is -2.18. The Kier molecular flexibility index (Phi) is 9.16. The van der Waals surface area contributed by atoms with Gasteiger partial charge in [-0.05, 0) is 84.0 Å². The van der Waals surface area contributed by atoms with Crippen LogP contribution in [0.3, 0.4) is 0 Å². The molecule has 1 aliphatic rings. The molecule has 2 nitrogen and oxygen atoms in total. The molecule has 2 aromatic carbocycles. The van der Waals surface area contributed by atoms with E-state index < -0.39 is 0 Å². The number of hydrogen-bond donors (Lipinski definition) is 0. The van der Waals surface area contributed by atoms with E-state index in [0.29, 0.717) is 19.4 Å². The second-order valence-electron chi connectivity index (χ2n) is 11.1. The van der Waals surface area contributed by atoms with Gasteiger partial charge in [-0.3, -0.25) is 4.79 Å². The van der Waals surface area contributed by atoms with Crippen LogP contribution in [0.5, 0.6) is 0 Å². The van der Waals surface area contributed by atoms with E-state index in [1.165, 1.54) is 52.8 Å². The molecule has 3 heteroatoms. The first-order valence-corrected chi connectivity index (χ1v) is 14.0. The number of hydrogen-bond acceptors (Lipinski definition) is 3. The maximum Gasteiger partial charge on any atom is 0.306 e. The summed E-state index contributed by atoms with van der Waals surface area (Å²) >= 11 is 2.03. The van der Waals surface area contributed by atoms with Crippen LogP contribution < -0.4 is 0 Å². The van der Waals surface area contributed by atoms with Gasteiger partial charge in [-0.2, -0.15) is 0 Å². The molecule has 0 spiro atoms. The van der Waals surface area contributed by atoms with Gasteiger partial charge in [0.25, 0.3) is 0 Å². The largest absolute Gasteiger partial charge is 0.466 e. The SMILES string of the molecule is C#Cc1cc(-c2cc3c(cc2CCCCCC)SC(C)(C)CC3(C)C)ccc1CCC(=O)OCC. The lowest BCUT2D eigenvalue weighted by molar-refractivity contribution is -0.143. The fourth-order valence-electron chi connectivity index (χ4n) is 5.51. The smallest absolute Gasteiger partial charge is 0.306 e. The Morgan fingerprint density at radius 3 is 2.49 bits per heavy atom. The van der Waals surface area contributed by atoms with E-state index in [-0.39, 0.29) is 16.1 Å². The maximum atomic E-state index is 11.9. The van der Waals surface area contributed by atoms with E-state index in [9.17, 15) is 4.79 Å². The monoisotopic (exact) mass is 490 g/mol. The summed E-state index contributed by atoms with van der Waals surface area (Å²) in [6.45, 7) is 14.0. The number of benzene rings is 2. The lowest BCUT2D eigenvalue weighted by atomic mass is 9.75. The molecular weight excluding hydrogens is 448 g/mol. The van der Waals surface area contributed by atoms with Crippen molar-refractivity contribution in [1.29, 1.82) is 0 Å². The number of carbonyl (C=O) groups excluding carboxylic acids is 1. The Morgan fingerprint density at radius 2 is 1.80 bits per heavy atom. The van der Waals surface area contributed by atoms with Crippen LogP contribution in [-0.2, 0) is 27.8 Å². The van der Waals surface area contributed by atoms with Crippen LogP contribution >= 0.6 is 11.8 Å². The van der Waals surface area contributed by atoms with Gasteiger partial charge in [-0.1, -0.05) is 71.9 Å². The zero-order valence-corrected chi connectivity index (χ0v) is 23.4. The maximum absolute atomic E-state index is 11.9. The number of terminal acetylenes is 1. The van der Waals surface area contributed by atoms with Crippen molar-refractivity contribution < 1.29 is 9.53 Å². The molecule has 0 radical (unpaired) electrons. The molecule has 1 aliphatic heterocycles. The highest BCUT2D eigenvalue weighted by Crippen LogP contribution is 2.52. The standard InChI is InChI=1S/C32H42O2S/c1-8-11-12-13-14-25-20-29-28(31(4,5)22-32(6,7)35-29)21-27(25)26-16-15-24(23(9-2)19-26)17-18-30(33)34-10-3/h2,15-16,19-21H,8,10-14,17-18,22H2,1,3-7H3. The van der Waals surface area contributed by atoms with E-state index in [0.717, 1.165) is 24.0 Å². The quantitative estimate of drug-likeness (QED) is 0.190. The van der Waals surface area contributed by atoms with Gasteiger partial charge in [0.2, 0.25) is 0 Å². The number of ether oxygens (including phenoxy) is 1. The van der Waals surface area contributed by atoms with Gasteiger partial charge < -0.3 is 4.74 Å². The number of rotatable bonds is 10. The predicted octanol–water partition coefficient (Wildman–Crippen LogP) is 8.51. The molecule has 0 N–H and O–H groups in total. The van der Waals surface area contributed by atoms with Crippen molar-refractivity contribution in [2.45, 2.75) is 108 Å². The van der Waals surface area contributed by atoms with Crippen molar-refractivity contribution >= 4 is 17.7 Å². The zero-order chi connectivity index (χ0) is 25.6. The number of carbonyl (C=O) groups is 1. The average Bonchev–Trinajstić information content (AvgIpc) is 2.79. The predicted molar refractivity (Wildman–Crippen MR) is 150 cm³/mol. The second kappa shape index (κ2) is 11.7. The third-order valence-electron chi connectivity index (χ3n) is 6.97. The second-order valence-corrected chi connectivity index (χ2v) is 12.8. The molecule has 35 heavy (non-hydrogen) atoms. The van der Waals surface area contributed by atoms with Gasteiger partial charge in [0.05, 0.1) is 6.61 Å². The summed E-state index contributed by atoms with van der Waals surface area (Å²) in [6, 6.07) is 11.3. The van der Waals surface area contributed by atoms with E-state index in [1.54, 1.807) is 0 Å². The van der Waals surface area contributed by atoms with Crippen molar-refractivity contribution in [2.75, 3.05) is 6.61 Å². The van der Waals surface area contributed by atoms with Crippen molar-refractivity contribution in [3.63, 3.8) is 0 Å². The Balaban J connectivity index is 2.02. The molecule has 0 aliphatic carbocycles. The first-order chi connectivity index (χ1) is 16.6. The van der Waals surface area contributed by atoms with Crippen LogP contribution in [0.1, 0.15) is 102 Å². The molecule has 188 valence electrons. The number of esters is 1. The molecule has 0 fully saturated rings. The minimum atomic E-state index is -0.175. The third kappa shape index (κ3) is 6.95. The van der Waals surface area contributed by atoms with E-state index in [4.69, 9.17) is 11.2 Å². The van der Waals surface area contributed by atoms with Gasteiger partial charge in [0.1, 0.15) is 0 Å². The summed E-state index contributed by atoms with van der Waals surface area (Å²) in [4.78, 5) is 13.3. The van der Waals surface area contributed by atoms with Crippen LogP contribution in [0.25, 0.3) is 11.1 Å². The van der Waals surface area contributed by atoms with Crippen LogP contribution in [0.15, 0.2) is 35.2 Å². The highest BCUT2D eigenvalue weighted by Gasteiger charge is 2.38. The number of unbranched alkanes of at least 4 members (excludes halogenated alkanes) is 3. The van der Waals surface area contributed by atoms with Crippen molar-refractivity contribution in [3.05, 3.63) is 52.6 Å². The highest BCUT2D eigenvalue weighted by atomic mass is 32.2. The van der Waals surface area contributed by atoms with Gasteiger partial charge in [-0.25, -0.2) is 0 Å². The summed E-state index contributed by atoms with van der Waals surface area (Å²) in [6.07, 6.45) is 14.1. The molecule has 0 amide bonds. The average molecular weight is 491 g/mol. The first kappa shape index (κ1) is 27.4. The first-order valence-electron chi connectivity index (χ1n) is 13.2. The molecule has 0 unspecified atom stereocenters. The molecule has 0 aromatic heterocycles. The summed E-state index contributed by atoms with van der Waals surface area (Å²) in [5.41, 5.74) is 7.37. The number of aryl methyl sites for hydroxylation is 2. The highest BCUT2D eigenvalue weighted by molar-refractivity contribution is 8.00. The van der Waals surface area contributed by atoms with Crippen LogP contribution in [0.4, 0.5) is 0 Å². The van der Waals surface area contributed by atoms with E-state index in [2.05, 4.69) is 70.9 Å². The number of fused-ring (bicyclic) bond motifs is 1. The van der Waals surface area contributed by atoms with E-state index in [1.807, 2.05) is 18.7 Å². The Morgan fingerprint density at radius 1 is 1.03 bits per heavy atom. The molecule has 3 rings (SSSR count). The van der Waals surface area contributed by atoms with Gasteiger partial charge in [0, 0.05) is 21.6 Å². The fourth-order valence-corrected chi connectivity index (χ4v) is 7.19. The zero-order valence-electron chi connectivity index (χ0n) is 22.6. The van der Waals surface area contributed by atoms with Crippen molar-refractivity contribution in [3.8, 4) is 23.5 Å². The molecule has 1 heterocycles. The summed E-state index contributed by atoms with van der Waals surface area (Å²) in [5, 5.41) is 0. The minimum absolute atomic E-state index is 0.119. The van der Waals surface area contributed by atoms with Crippen LogP contribution in [0, 0.1) is 12.3 Å². The molecule has 2 aromatic rings. The van der Waals surface area contributed by atoms with Crippen molar-refractivity contribution in [2.24, 2.45) is 0 Å². The Bertz CT molecular complexity index is 1090. The van der Waals surface area contributed by atoms with Gasteiger partial charge >= 0.3 is 5.97 Å². The van der Waals surface area contributed by atoms with Crippen molar-refractivity contribution in [1.82, 2.24) is 0 Å². The van der Waals surface area contributed by atoms with Crippen LogP contribution in [-0.4, -0.2) is 17.3 Å². The normalized spacial score (nSPS) is 15.8. The number of thioether (sulfide) groups is 1. The molecule has 0 saturated heterocycles. The molecule has 0 saturated carbocycles. The molecule has 0 atom stereocenters. The van der Waals surface area contributed by atoms with E-state index >= 15 is 0 Å². The fraction of sp³-hybridized carbons (Fsp3) is 0.531. The van der Waals surface area contributed by atoms with Crippen LogP contribution in [0.2, 0.25) is 0 Å². The molecule has 0 bridgehead atoms. The summed E-state index contributed by atoms with van der Waals surface area (Å²) in [5.74, 6) is 2.70. The Labute approximate surface area is 217 Å². The summed E-state index contributed by atoms with van der Waals surface area (Å²) < 4.78 is 5.33.